The maximum atomic E-state index is 9.92. The molecule has 0 aromatic carbocycles. The topological polar surface area (TPSA) is 168 Å². The van der Waals surface area contributed by atoms with Crippen molar-refractivity contribution in [1.29, 1.82) is 0 Å². The van der Waals surface area contributed by atoms with E-state index in [1.54, 1.807) is 0 Å². The highest BCUT2D eigenvalue weighted by atomic mass is 16.6. The van der Waals surface area contributed by atoms with E-state index in [0.29, 0.717) is 13.2 Å². The molecular weight excluding hydrogens is 352 g/mol. The number of carboxylic acid groups (broad SMARTS) is 2. The Morgan fingerprint density at radius 3 is 1.31 bits per heavy atom. The van der Waals surface area contributed by atoms with Crippen LogP contribution in [0.4, 0.5) is 0 Å². The van der Waals surface area contributed by atoms with Crippen LogP contribution in [0.5, 0.6) is 0 Å². The zero-order valence-electron chi connectivity index (χ0n) is 14.6. The molecule has 0 amide bonds. The molecule has 0 saturated heterocycles. The van der Waals surface area contributed by atoms with Gasteiger partial charge >= 0.3 is 23.9 Å². The number of esters is 2. The lowest BCUT2D eigenvalue weighted by Gasteiger charge is -1.94. The van der Waals surface area contributed by atoms with Crippen molar-refractivity contribution < 1.29 is 49.1 Å². The van der Waals surface area contributed by atoms with E-state index in [2.05, 4.69) is 22.6 Å². The Bertz CT molecular complexity index is 451. The van der Waals surface area contributed by atoms with Gasteiger partial charge in [-0.2, -0.15) is 0 Å². The highest BCUT2D eigenvalue weighted by Crippen LogP contribution is 1.92. The van der Waals surface area contributed by atoms with Gasteiger partial charge in [0.2, 0.25) is 0 Å². The van der Waals surface area contributed by atoms with Crippen molar-refractivity contribution in [2.45, 2.75) is 13.8 Å². The zero-order valence-corrected chi connectivity index (χ0v) is 14.6. The first kappa shape index (κ1) is 28.0. The molecule has 0 unspecified atom stereocenters. The van der Waals surface area contributed by atoms with Crippen molar-refractivity contribution in [2.24, 2.45) is 0 Å². The summed E-state index contributed by atoms with van der Waals surface area (Å²) < 4.78 is 8.60. The van der Waals surface area contributed by atoms with E-state index in [1.807, 2.05) is 0 Å². The van der Waals surface area contributed by atoms with Gasteiger partial charge in [-0.3, -0.25) is 0 Å². The average molecular weight is 376 g/mol. The fourth-order valence-corrected chi connectivity index (χ4v) is 0.534. The van der Waals surface area contributed by atoms with Gasteiger partial charge < -0.3 is 29.9 Å². The van der Waals surface area contributed by atoms with E-state index >= 15 is 0 Å². The highest BCUT2D eigenvalue weighted by molar-refractivity contribution is 6.04. The standard InChI is InChI=1S/C4H2O3.C4H10O3.2C4H6O2/c5-3-1-2-4(6)7-3;5-1-3-7-4-2-6;2*1-3(2)4(5)6/h1-2H;5-6H,1-4H2;2*1H2,2H3,(H,5,6). The van der Waals surface area contributed by atoms with Crippen molar-refractivity contribution in [3.05, 3.63) is 36.5 Å². The minimum atomic E-state index is -0.935. The number of hydrogen-bond donors (Lipinski definition) is 4. The van der Waals surface area contributed by atoms with E-state index in [1.165, 1.54) is 13.8 Å². The number of carboxylic acids is 2. The number of hydrogen-bond acceptors (Lipinski definition) is 8. The summed E-state index contributed by atoms with van der Waals surface area (Å²) >= 11 is 0. The van der Waals surface area contributed by atoms with E-state index in [-0.39, 0.29) is 24.4 Å². The first-order valence-electron chi connectivity index (χ1n) is 7.00. The minimum Gasteiger partial charge on any atom is -0.478 e. The van der Waals surface area contributed by atoms with Gasteiger partial charge in [-0.25, -0.2) is 19.2 Å². The molecule has 10 heteroatoms. The second-order valence-electron chi connectivity index (χ2n) is 4.30. The van der Waals surface area contributed by atoms with Crippen LogP contribution in [0.25, 0.3) is 0 Å². The monoisotopic (exact) mass is 376 g/mol. The summed E-state index contributed by atoms with van der Waals surface area (Å²) in [5, 5.41) is 32.0. The Labute approximate surface area is 150 Å². The van der Waals surface area contributed by atoms with Crippen LogP contribution in [0.15, 0.2) is 36.5 Å². The molecule has 0 bridgehead atoms. The van der Waals surface area contributed by atoms with Crippen LogP contribution in [0.3, 0.4) is 0 Å². The normalized spacial score (nSPS) is 10.8. The molecule has 0 fully saturated rings. The molecule has 4 N–H and O–H groups in total. The van der Waals surface area contributed by atoms with Crippen LogP contribution in [0.2, 0.25) is 0 Å². The molecule has 0 aliphatic carbocycles. The van der Waals surface area contributed by atoms with Crippen LogP contribution in [0.1, 0.15) is 13.8 Å². The molecule has 0 atom stereocenters. The van der Waals surface area contributed by atoms with Crippen LogP contribution >= 0.6 is 0 Å². The number of aliphatic carboxylic acids is 2. The van der Waals surface area contributed by atoms with Gasteiger partial charge in [0.15, 0.2) is 0 Å². The molecule has 10 nitrogen and oxygen atoms in total. The summed E-state index contributed by atoms with van der Waals surface area (Å²) in [4.78, 5) is 39.0. The Morgan fingerprint density at radius 1 is 0.923 bits per heavy atom. The minimum absolute atomic E-state index is 0.0278. The van der Waals surface area contributed by atoms with Gasteiger partial charge in [-0.15, -0.1) is 0 Å². The molecule has 0 radical (unpaired) electrons. The van der Waals surface area contributed by atoms with Gasteiger partial charge in [0.05, 0.1) is 26.4 Å². The largest absolute Gasteiger partial charge is 0.478 e. The van der Waals surface area contributed by atoms with E-state index < -0.39 is 23.9 Å². The summed E-state index contributed by atoms with van der Waals surface area (Å²) in [6.07, 6.45) is 2.17. The number of carbonyl (C=O) groups excluding carboxylic acids is 2. The lowest BCUT2D eigenvalue weighted by molar-refractivity contribution is -0.150. The first-order valence-corrected chi connectivity index (χ1v) is 7.00. The molecule has 0 spiro atoms. The maximum absolute atomic E-state index is 9.92. The summed E-state index contributed by atoms with van der Waals surface area (Å²) in [5.74, 6) is -3.03. The van der Waals surface area contributed by atoms with E-state index in [9.17, 15) is 19.2 Å². The quantitative estimate of drug-likeness (QED) is 0.213. The molecule has 1 aliphatic heterocycles. The fraction of sp³-hybridized carbons (Fsp3) is 0.375. The molecule has 1 heterocycles. The zero-order chi connectivity index (χ0) is 21.1. The van der Waals surface area contributed by atoms with Gasteiger partial charge in [0.1, 0.15) is 0 Å². The molecule has 148 valence electrons. The van der Waals surface area contributed by atoms with E-state index in [4.69, 9.17) is 20.4 Å². The smallest absolute Gasteiger partial charge is 0.338 e. The van der Waals surface area contributed by atoms with Crippen LogP contribution < -0.4 is 0 Å². The summed E-state index contributed by atoms with van der Waals surface area (Å²) in [6, 6.07) is 0. The molecule has 0 aromatic rings. The van der Waals surface area contributed by atoms with Crippen molar-refractivity contribution in [3.8, 4) is 0 Å². The number of ether oxygens (including phenoxy) is 2. The van der Waals surface area contributed by atoms with Crippen molar-refractivity contribution in [2.75, 3.05) is 26.4 Å². The summed E-state index contributed by atoms with van der Waals surface area (Å²) in [7, 11) is 0. The summed E-state index contributed by atoms with van der Waals surface area (Å²) in [5.41, 5.74) is 0.352. The lowest BCUT2D eigenvalue weighted by atomic mass is 10.4. The van der Waals surface area contributed by atoms with Crippen LogP contribution in [0, 0.1) is 0 Å². The lowest BCUT2D eigenvalue weighted by Crippen LogP contribution is -2.03. The third kappa shape index (κ3) is 26.1. The molecule has 1 rings (SSSR count). The second-order valence-corrected chi connectivity index (χ2v) is 4.30. The Kier molecular flexibility index (Phi) is 19.9. The summed E-state index contributed by atoms with van der Waals surface area (Å²) in [6.45, 7) is 9.90. The predicted molar refractivity (Wildman–Crippen MR) is 90.1 cm³/mol. The third-order valence-electron chi connectivity index (χ3n) is 1.76. The average Bonchev–Trinajstić information content (AvgIpc) is 2.92. The van der Waals surface area contributed by atoms with Crippen LogP contribution in [-0.2, 0) is 28.7 Å². The highest BCUT2D eigenvalue weighted by Gasteiger charge is 2.10. The molecule has 26 heavy (non-hydrogen) atoms. The van der Waals surface area contributed by atoms with E-state index in [0.717, 1.165) is 12.2 Å². The predicted octanol–water partition coefficient (Wildman–Crippen LogP) is -0.0922. The van der Waals surface area contributed by atoms with Gasteiger partial charge in [-0.05, 0) is 13.8 Å². The number of cyclic esters (lactones) is 2. The molecule has 1 aliphatic rings. The molecular formula is C16H24O10. The number of rotatable bonds is 6. The Morgan fingerprint density at radius 2 is 1.19 bits per heavy atom. The molecule has 0 aromatic heterocycles. The van der Waals surface area contributed by atoms with Gasteiger partial charge in [0, 0.05) is 23.3 Å². The molecule has 0 saturated carbocycles. The van der Waals surface area contributed by atoms with Gasteiger partial charge in [-0.1, -0.05) is 13.2 Å². The van der Waals surface area contributed by atoms with Gasteiger partial charge in [0.25, 0.3) is 0 Å². The Hall–Kier alpha value is -2.82. The fourth-order valence-electron chi connectivity index (χ4n) is 0.534. The number of carbonyl (C=O) groups is 4. The van der Waals surface area contributed by atoms with Crippen LogP contribution in [-0.4, -0.2) is 70.7 Å². The van der Waals surface area contributed by atoms with Crippen molar-refractivity contribution >= 4 is 23.9 Å². The first-order chi connectivity index (χ1) is 12.0. The maximum Gasteiger partial charge on any atom is 0.338 e. The second kappa shape index (κ2) is 18.5. The number of aliphatic hydroxyl groups excluding tert-OH is 2. The Balaban J connectivity index is -0.000000272. The SMILES string of the molecule is C=C(C)C(=O)O.C=C(C)C(=O)O.O=C1C=CC(=O)O1.OCCOCCO. The third-order valence-corrected chi connectivity index (χ3v) is 1.76. The number of aliphatic hydroxyl groups is 2. The van der Waals surface area contributed by atoms with Crippen molar-refractivity contribution in [1.82, 2.24) is 0 Å². The van der Waals surface area contributed by atoms with Crippen molar-refractivity contribution in [3.63, 3.8) is 0 Å².